The van der Waals surface area contributed by atoms with Crippen LogP contribution in [0.4, 0.5) is 0 Å². The summed E-state index contributed by atoms with van der Waals surface area (Å²) in [6, 6.07) is 0. The first-order valence-corrected chi connectivity index (χ1v) is 33.7. The largest absolute Gasteiger partial charge is 0.462 e. The average molecular weight is 1120 g/mol. The molecule has 0 aliphatic rings. The predicted octanol–water partition coefficient (Wildman–Crippen LogP) is 23.3. The number of hydrogen-bond donors (Lipinski definition) is 0. The fourth-order valence-corrected chi connectivity index (χ4v) is 9.18. The van der Waals surface area contributed by atoms with E-state index in [1.165, 1.54) is 122 Å². The second-order valence-corrected chi connectivity index (χ2v) is 22.0. The second-order valence-electron chi connectivity index (χ2n) is 22.0. The van der Waals surface area contributed by atoms with Crippen LogP contribution >= 0.6 is 0 Å². The summed E-state index contributed by atoms with van der Waals surface area (Å²) in [5.74, 6) is -0.928. The molecule has 0 aliphatic carbocycles. The van der Waals surface area contributed by atoms with Gasteiger partial charge < -0.3 is 14.2 Å². The number of ether oxygens (including phenoxy) is 3. The Labute approximate surface area is 500 Å². The fourth-order valence-electron chi connectivity index (χ4n) is 9.18. The molecule has 0 aromatic rings. The van der Waals surface area contributed by atoms with E-state index < -0.39 is 6.10 Å². The van der Waals surface area contributed by atoms with Crippen molar-refractivity contribution in [3.63, 3.8) is 0 Å². The first-order valence-electron chi connectivity index (χ1n) is 33.7. The standard InChI is InChI=1S/C75H124O6/c1-4-7-10-13-16-19-22-25-28-31-33-34-35-36-37-38-39-40-42-44-47-50-53-56-59-62-65-68-74(77)80-71-72(70-79-73(76)67-64-61-58-55-52-49-46-43-30-27-24-21-18-15-12-9-6-3)81-75(78)69-66-63-60-57-54-51-48-45-41-32-29-26-23-20-17-14-11-8-5-2/h7-8,10-11,16-17,19-20,25-26,28-29,33-34,36-37,39-41,45,51,54,72H,4-6,9,12-15,18,21-24,27,30-32,35,38,42-44,46-50,52-53,55-71H2,1-3H3/b10-7-,11-8-,19-16-,20-17-,28-25-,29-26-,34-33-,37-36-,40-39-,45-41-,54-51-. The summed E-state index contributed by atoms with van der Waals surface area (Å²) >= 11 is 0. The maximum Gasteiger partial charge on any atom is 0.306 e. The van der Waals surface area contributed by atoms with Crippen LogP contribution in [0.3, 0.4) is 0 Å². The van der Waals surface area contributed by atoms with Crippen molar-refractivity contribution in [1.82, 2.24) is 0 Å². The number of carbonyl (C=O) groups is 3. The van der Waals surface area contributed by atoms with Crippen molar-refractivity contribution < 1.29 is 28.6 Å². The van der Waals surface area contributed by atoms with Gasteiger partial charge in [-0.05, 0) is 116 Å². The van der Waals surface area contributed by atoms with Gasteiger partial charge in [0.2, 0.25) is 0 Å². The third-order valence-corrected chi connectivity index (χ3v) is 14.2. The van der Waals surface area contributed by atoms with E-state index in [4.69, 9.17) is 14.2 Å². The summed E-state index contributed by atoms with van der Waals surface area (Å²) in [4.78, 5) is 38.4. The summed E-state index contributed by atoms with van der Waals surface area (Å²) in [5, 5.41) is 0. The van der Waals surface area contributed by atoms with Crippen molar-refractivity contribution in [3.8, 4) is 0 Å². The van der Waals surface area contributed by atoms with E-state index in [-0.39, 0.29) is 37.5 Å². The smallest absolute Gasteiger partial charge is 0.306 e. The van der Waals surface area contributed by atoms with Gasteiger partial charge in [-0.3, -0.25) is 14.4 Å². The van der Waals surface area contributed by atoms with Crippen molar-refractivity contribution in [1.29, 1.82) is 0 Å². The fraction of sp³-hybridized carbons (Fsp3) is 0.667. The van der Waals surface area contributed by atoms with Gasteiger partial charge in [0.05, 0.1) is 0 Å². The van der Waals surface area contributed by atoms with Gasteiger partial charge in [0, 0.05) is 19.3 Å². The predicted molar refractivity (Wildman–Crippen MR) is 353 cm³/mol. The van der Waals surface area contributed by atoms with E-state index >= 15 is 0 Å². The quantitative estimate of drug-likeness (QED) is 0.0261. The van der Waals surface area contributed by atoms with Crippen LogP contribution in [-0.4, -0.2) is 37.2 Å². The lowest BCUT2D eigenvalue weighted by Gasteiger charge is -2.18. The van der Waals surface area contributed by atoms with Crippen LogP contribution in [0.5, 0.6) is 0 Å². The topological polar surface area (TPSA) is 78.9 Å². The Bertz CT molecular complexity index is 1720. The Morgan fingerprint density at radius 2 is 0.481 bits per heavy atom. The van der Waals surface area contributed by atoms with Crippen LogP contribution in [0.1, 0.15) is 303 Å². The summed E-state index contributed by atoms with van der Waals surface area (Å²) in [7, 11) is 0. The van der Waals surface area contributed by atoms with Crippen molar-refractivity contribution in [2.24, 2.45) is 0 Å². The van der Waals surface area contributed by atoms with E-state index in [0.717, 1.165) is 141 Å². The zero-order chi connectivity index (χ0) is 58.5. The van der Waals surface area contributed by atoms with Crippen molar-refractivity contribution >= 4 is 17.9 Å². The molecule has 0 N–H and O–H groups in total. The molecule has 6 nitrogen and oxygen atoms in total. The molecule has 0 spiro atoms. The zero-order valence-electron chi connectivity index (χ0n) is 52.8. The maximum absolute atomic E-state index is 12.9. The Balaban J connectivity index is 4.43. The maximum atomic E-state index is 12.9. The minimum Gasteiger partial charge on any atom is -0.462 e. The second kappa shape index (κ2) is 68.1. The van der Waals surface area contributed by atoms with Crippen LogP contribution in [-0.2, 0) is 28.6 Å². The highest BCUT2D eigenvalue weighted by Gasteiger charge is 2.19. The van der Waals surface area contributed by atoms with Gasteiger partial charge in [0.15, 0.2) is 6.10 Å². The van der Waals surface area contributed by atoms with E-state index in [1.54, 1.807) is 0 Å². The lowest BCUT2D eigenvalue weighted by atomic mass is 10.0. The minimum atomic E-state index is -0.804. The van der Waals surface area contributed by atoms with Crippen LogP contribution in [0.2, 0.25) is 0 Å². The van der Waals surface area contributed by atoms with Crippen molar-refractivity contribution in [3.05, 3.63) is 134 Å². The molecule has 1 unspecified atom stereocenters. The molecule has 6 heteroatoms. The first-order chi connectivity index (χ1) is 40.0. The zero-order valence-corrected chi connectivity index (χ0v) is 52.8. The van der Waals surface area contributed by atoms with Crippen LogP contribution in [0.15, 0.2) is 134 Å². The molecular formula is C75H124O6. The molecule has 0 saturated heterocycles. The van der Waals surface area contributed by atoms with Crippen LogP contribution in [0.25, 0.3) is 0 Å². The van der Waals surface area contributed by atoms with E-state index in [2.05, 4.69) is 154 Å². The molecule has 0 radical (unpaired) electrons. The highest BCUT2D eigenvalue weighted by atomic mass is 16.6. The van der Waals surface area contributed by atoms with Gasteiger partial charge in [0.1, 0.15) is 13.2 Å². The SMILES string of the molecule is CC/C=C\C/C=C\C/C=C\C/C=C\C/C=C\C/C=C\CCCCCCCCCCC(=O)OCC(COC(=O)CCCCCCCCCCCCCCCCCCC)OC(=O)CCCCC/C=C\C/C=C\C/C=C\C/C=C\C/C=C\CC. The van der Waals surface area contributed by atoms with Gasteiger partial charge in [-0.15, -0.1) is 0 Å². The highest BCUT2D eigenvalue weighted by Crippen LogP contribution is 2.16. The third kappa shape index (κ3) is 66.2. The normalized spacial score (nSPS) is 13.0. The van der Waals surface area contributed by atoms with Crippen LogP contribution in [0, 0.1) is 0 Å². The lowest BCUT2D eigenvalue weighted by Crippen LogP contribution is -2.30. The summed E-state index contributed by atoms with van der Waals surface area (Å²) < 4.78 is 16.9. The van der Waals surface area contributed by atoms with E-state index in [9.17, 15) is 14.4 Å². The molecule has 1 atom stereocenters. The van der Waals surface area contributed by atoms with Gasteiger partial charge in [0.25, 0.3) is 0 Å². The summed E-state index contributed by atoms with van der Waals surface area (Å²) in [6.07, 6.45) is 96.0. The Hall–Kier alpha value is -4.45. The van der Waals surface area contributed by atoms with E-state index in [1.807, 2.05) is 0 Å². The molecular weight excluding hydrogens is 997 g/mol. The number of hydrogen-bond acceptors (Lipinski definition) is 6. The molecule has 0 heterocycles. The molecule has 460 valence electrons. The molecule has 0 fully saturated rings. The molecule has 0 aliphatic heterocycles. The molecule has 0 amide bonds. The van der Waals surface area contributed by atoms with Gasteiger partial charge >= 0.3 is 17.9 Å². The molecule has 0 bridgehead atoms. The molecule has 0 rings (SSSR count). The molecule has 81 heavy (non-hydrogen) atoms. The van der Waals surface area contributed by atoms with Crippen molar-refractivity contribution in [2.75, 3.05) is 13.2 Å². The first kappa shape index (κ1) is 76.5. The third-order valence-electron chi connectivity index (χ3n) is 14.2. The molecule has 0 aromatic carbocycles. The average Bonchev–Trinajstić information content (AvgIpc) is 3.47. The van der Waals surface area contributed by atoms with Crippen molar-refractivity contribution in [2.45, 2.75) is 309 Å². The van der Waals surface area contributed by atoms with Gasteiger partial charge in [-0.25, -0.2) is 0 Å². The number of allylic oxidation sites excluding steroid dienone is 22. The molecule has 0 aromatic heterocycles. The minimum absolute atomic E-state index is 0.0950. The lowest BCUT2D eigenvalue weighted by molar-refractivity contribution is -0.167. The summed E-state index contributed by atoms with van der Waals surface area (Å²) in [5.41, 5.74) is 0. The number of carbonyl (C=O) groups excluding carboxylic acids is 3. The Morgan fingerprint density at radius 1 is 0.259 bits per heavy atom. The monoisotopic (exact) mass is 1120 g/mol. The summed E-state index contributed by atoms with van der Waals surface area (Å²) in [6.45, 7) is 6.40. The highest BCUT2D eigenvalue weighted by molar-refractivity contribution is 5.71. The number of rotatable bonds is 60. The number of esters is 3. The Kier molecular flexibility index (Phi) is 64.3. The van der Waals surface area contributed by atoms with Gasteiger partial charge in [-0.2, -0.15) is 0 Å². The number of unbranched alkanes of at least 4 members (excludes halogenated alkanes) is 27. The van der Waals surface area contributed by atoms with Crippen LogP contribution < -0.4 is 0 Å². The molecule has 0 saturated carbocycles. The Morgan fingerprint density at radius 3 is 0.765 bits per heavy atom. The van der Waals surface area contributed by atoms with E-state index in [0.29, 0.717) is 12.8 Å². The van der Waals surface area contributed by atoms with Gasteiger partial charge in [-0.1, -0.05) is 302 Å².